The van der Waals surface area contributed by atoms with Gasteiger partial charge in [-0.05, 0) is 60.8 Å². The number of ether oxygens (including phenoxy) is 9. The molecule has 55 heavy (non-hydrogen) atoms. The monoisotopic (exact) mass is 786 g/mol. The van der Waals surface area contributed by atoms with Gasteiger partial charge in [-0.15, -0.1) is 5.26 Å². The van der Waals surface area contributed by atoms with Crippen LogP contribution in [-0.2, 0) is 52.2 Å². The Hall–Kier alpha value is -2.46. The zero-order valence-corrected chi connectivity index (χ0v) is 34.8. The average Bonchev–Trinajstić information content (AvgIpc) is 3.13. The third-order valence-corrected chi connectivity index (χ3v) is 12.7. The van der Waals surface area contributed by atoms with Crippen molar-refractivity contribution in [2.75, 3.05) is 14.2 Å². The first kappa shape index (κ1) is 46.9. The molecule has 0 saturated carbocycles. The Morgan fingerprint density at radius 1 is 0.945 bits per heavy atom. The van der Waals surface area contributed by atoms with Crippen molar-refractivity contribution < 1.29 is 67.2 Å². The highest BCUT2D eigenvalue weighted by molar-refractivity contribution is 5.83. The first-order valence-corrected chi connectivity index (χ1v) is 19.4. The van der Waals surface area contributed by atoms with Gasteiger partial charge < -0.3 is 58.6 Å². The van der Waals surface area contributed by atoms with Crippen LogP contribution in [0.2, 0.25) is 0 Å². The van der Waals surface area contributed by atoms with E-state index in [1.54, 1.807) is 69.2 Å². The van der Waals surface area contributed by atoms with E-state index in [1.165, 1.54) is 20.5 Å². The van der Waals surface area contributed by atoms with Gasteiger partial charge in [0, 0.05) is 50.4 Å². The minimum absolute atomic E-state index is 0.0926. The molecule has 316 valence electrons. The van der Waals surface area contributed by atoms with Gasteiger partial charge in [-0.25, -0.2) is 4.79 Å². The summed E-state index contributed by atoms with van der Waals surface area (Å²) in [6.45, 7) is 19.0. The number of carbonyl (C=O) groups excluding carboxylic acids is 3. The van der Waals surface area contributed by atoms with Gasteiger partial charge in [-0.1, -0.05) is 34.6 Å². The highest BCUT2D eigenvalue weighted by Crippen LogP contribution is 2.43. The lowest BCUT2D eigenvalue weighted by molar-refractivity contribution is -0.316. The van der Waals surface area contributed by atoms with Crippen molar-refractivity contribution in [1.82, 2.24) is 0 Å². The van der Waals surface area contributed by atoms with Crippen molar-refractivity contribution in [2.24, 2.45) is 35.3 Å². The fourth-order valence-corrected chi connectivity index (χ4v) is 8.70. The lowest BCUT2D eigenvalue weighted by atomic mass is 9.71. The van der Waals surface area contributed by atoms with Gasteiger partial charge in [0.2, 0.25) is 0 Å². The maximum absolute atomic E-state index is 14.5. The normalized spacial score (nSPS) is 46.5. The lowest BCUT2D eigenvalue weighted by Gasteiger charge is -2.49. The molecule has 0 aliphatic carbocycles. The minimum Gasteiger partial charge on any atom is -0.458 e. The molecule has 3 heterocycles. The molecule has 3 rings (SSSR count). The summed E-state index contributed by atoms with van der Waals surface area (Å²) in [5, 5.41) is 31.2. The number of nitrogens with two attached hydrogens (primary N) is 1. The lowest BCUT2D eigenvalue weighted by Crippen LogP contribution is -2.61. The first-order chi connectivity index (χ1) is 25.5. The van der Waals surface area contributed by atoms with E-state index in [-0.39, 0.29) is 31.1 Å². The van der Waals surface area contributed by atoms with Crippen molar-refractivity contribution in [3.05, 3.63) is 0 Å². The number of ketones is 1. The number of aliphatic hydroxyl groups is 2. The van der Waals surface area contributed by atoms with Crippen LogP contribution in [0.4, 0.5) is 4.79 Å². The van der Waals surface area contributed by atoms with Crippen LogP contribution in [0.15, 0.2) is 0 Å². The largest absolute Gasteiger partial charge is 0.524 e. The molecule has 0 unspecified atom stereocenters. The van der Waals surface area contributed by atoms with Gasteiger partial charge in [-0.3, -0.25) is 9.59 Å². The summed E-state index contributed by atoms with van der Waals surface area (Å²) in [7, 11) is 2.97. The number of hydrogen-bond acceptors (Lipinski definition) is 16. The molecule has 3 fully saturated rings. The number of rotatable bonds is 8. The second-order valence-electron chi connectivity index (χ2n) is 16.6. The number of nitrogens with zero attached hydrogens (tertiary/aromatic N) is 1. The summed E-state index contributed by atoms with van der Waals surface area (Å²) in [5.74, 6) is -4.93. The number of cyclic esters (lactones) is 1. The molecule has 0 radical (unpaired) electrons. The minimum atomic E-state index is -1.63. The number of Topliss-reactive ketones (excluding diaryl/α,β-unsaturated/α-hetero) is 1. The molecule has 0 aromatic heterocycles. The van der Waals surface area contributed by atoms with E-state index < -0.39 is 114 Å². The highest BCUT2D eigenvalue weighted by atomic mass is 16.7. The van der Waals surface area contributed by atoms with E-state index in [1.807, 2.05) is 6.92 Å². The zero-order valence-electron chi connectivity index (χ0n) is 34.8. The number of hydrogen-bond donors (Lipinski definition) is 3. The number of aliphatic hydroxyl groups excluding tert-OH is 2. The Morgan fingerprint density at radius 2 is 1.56 bits per heavy atom. The quantitative estimate of drug-likeness (QED) is 0.235. The molecule has 18 atom stereocenters. The summed E-state index contributed by atoms with van der Waals surface area (Å²) in [6, 6.07) is -0.650. The zero-order chi connectivity index (χ0) is 41.8. The number of carbonyl (C=O) groups is 3. The van der Waals surface area contributed by atoms with Crippen LogP contribution in [0.5, 0.6) is 0 Å². The second-order valence-corrected chi connectivity index (χ2v) is 16.6. The molecule has 3 saturated heterocycles. The maximum Gasteiger partial charge on any atom is 0.524 e. The summed E-state index contributed by atoms with van der Waals surface area (Å²) < 4.78 is 54.1. The van der Waals surface area contributed by atoms with Crippen molar-refractivity contribution in [2.45, 2.75) is 180 Å². The third-order valence-electron chi connectivity index (χ3n) is 12.7. The molecule has 0 amide bonds. The topological polar surface area (TPSA) is 225 Å². The molecule has 16 heteroatoms. The predicted molar refractivity (Wildman–Crippen MR) is 196 cm³/mol. The molecule has 16 nitrogen and oxygen atoms in total. The van der Waals surface area contributed by atoms with Crippen molar-refractivity contribution >= 4 is 17.9 Å². The first-order valence-electron chi connectivity index (χ1n) is 19.4. The fourth-order valence-electron chi connectivity index (χ4n) is 8.70. The summed E-state index contributed by atoms with van der Waals surface area (Å²) >= 11 is 0. The molecule has 0 spiro atoms. The van der Waals surface area contributed by atoms with E-state index in [0.717, 1.165) is 0 Å². The van der Waals surface area contributed by atoms with E-state index in [4.69, 9.17) is 48.9 Å². The van der Waals surface area contributed by atoms with E-state index in [0.29, 0.717) is 6.42 Å². The molecule has 3 aliphatic rings. The predicted octanol–water partition coefficient (Wildman–Crippen LogP) is 3.75. The molecule has 0 aromatic carbocycles. The molecular weight excluding hydrogens is 720 g/mol. The van der Waals surface area contributed by atoms with Gasteiger partial charge in [0.05, 0.1) is 41.5 Å². The van der Waals surface area contributed by atoms with Crippen molar-refractivity contribution in [3.63, 3.8) is 0 Å². The maximum atomic E-state index is 14.5. The van der Waals surface area contributed by atoms with Crippen LogP contribution in [0.1, 0.15) is 102 Å². The van der Waals surface area contributed by atoms with Gasteiger partial charge in [-0.2, -0.15) is 0 Å². The fraction of sp³-hybridized carbons (Fsp3) is 0.897. The summed E-state index contributed by atoms with van der Waals surface area (Å²) in [4.78, 5) is 41.5. The van der Waals surface area contributed by atoms with E-state index >= 15 is 0 Å². The van der Waals surface area contributed by atoms with Crippen LogP contribution in [-0.4, -0.2) is 120 Å². The van der Waals surface area contributed by atoms with Gasteiger partial charge in [0.15, 0.2) is 18.2 Å². The van der Waals surface area contributed by atoms with Gasteiger partial charge in [0.1, 0.15) is 24.1 Å². The van der Waals surface area contributed by atoms with Crippen LogP contribution in [0.25, 0.3) is 0 Å². The van der Waals surface area contributed by atoms with Crippen LogP contribution in [0, 0.1) is 41.1 Å². The average molecular weight is 787 g/mol. The molecule has 4 N–H and O–H groups in total. The Labute approximate surface area is 325 Å². The molecular formula is C39H66N2O14. The number of nitriles is 1. The standard InChI is InChI=1S/C39H66N2O14/c1-14-27-39(11,55-36(46)49-18-40)24(7)21(4)29(42)19(2)16-38(10,48-13)33(54-35-30(43)26(41)15-20(3)50-35)22(5)31(23(6)34(45)52-27)53-28-17-37(9,47-12)32(44)25(8)51-28/h19-28,30-33,35,43-44H,14-17,41H2,1-13H3/t19-,20-,21-,22+,23-,24-,25+,26+,27-,28+,30-,31+,32+,33-,35+,37-,38+,39+/m1/s1. The van der Waals surface area contributed by atoms with Crippen LogP contribution < -0.4 is 5.73 Å². The number of methoxy groups -OCH3 is 2. The van der Waals surface area contributed by atoms with Crippen molar-refractivity contribution in [1.29, 1.82) is 5.26 Å². The summed E-state index contributed by atoms with van der Waals surface area (Å²) in [6.07, 6.45) is -7.83. The van der Waals surface area contributed by atoms with E-state index in [9.17, 15) is 24.6 Å². The molecule has 0 aromatic rings. The Kier molecular flexibility index (Phi) is 16.1. The Bertz CT molecular complexity index is 1360. The van der Waals surface area contributed by atoms with E-state index in [2.05, 4.69) is 4.74 Å². The SMILES string of the molecule is CC[C@H]1OC(=O)[C@H](C)[C@@H](O[C@H]2C[C@@](C)(OC)[C@@H](O)[C@H](C)O2)[C@H](C)[C@@H](O[C@@H]2O[C@H](C)C[C@H](N)[C@H]2O)[C@@](C)(OC)C[C@@H](C)C(=O)[C@H](C)[C@@H](C)[C@]1(C)OC(=O)OC#N. The van der Waals surface area contributed by atoms with Crippen LogP contribution in [0.3, 0.4) is 0 Å². The molecule has 0 bridgehead atoms. The highest BCUT2D eigenvalue weighted by Gasteiger charge is 2.54. The Morgan fingerprint density at radius 3 is 2.13 bits per heavy atom. The van der Waals surface area contributed by atoms with Gasteiger partial charge in [0.25, 0.3) is 6.26 Å². The second kappa shape index (κ2) is 18.9. The van der Waals surface area contributed by atoms with Crippen molar-refractivity contribution in [3.8, 4) is 6.26 Å². The van der Waals surface area contributed by atoms with Gasteiger partial charge >= 0.3 is 12.1 Å². The molecule has 3 aliphatic heterocycles. The Balaban J connectivity index is 2.26. The third kappa shape index (κ3) is 10.2. The smallest absolute Gasteiger partial charge is 0.458 e. The summed E-state index contributed by atoms with van der Waals surface area (Å²) in [5.41, 5.74) is 2.35. The number of esters is 1. The van der Waals surface area contributed by atoms with Crippen LogP contribution >= 0.6 is 0 Å².